The predicted molar refractivity (Wildman–Crippen MR) is 61.8 cm³/mol. The third-order valence-electron chi connectivity index (χ3n) is 2.52. The first-order valence-electron chi connectivity index (χ1n) is 5.55. The summed E-state index contributed by atoms with van der Waals surface area (Å²) in [6, 6.07) is 6.34. The first-order chi connectivity index (χ1) is 8.86. The van der Waals surface area contributed by atoms with Crippen molar-refractivity contribution in [3.05, 3.63) is 29.8 Å². The van der Waals surface area contributed by atoms with Crippen LogP contribution in [0, 0.1) is 0 Å². The molecule has 0 radical (unpaired) electrons. The van der Waals surface area contributed by atoms with Crippen LogP contribution in [0.25, 0.3) is 0 Å². The molecule has 1 atom stereocenters. The van der Waals surface area contributed by atoms with Crippen LogP contribution < -0.4 is 10.1 Å². The maximum atomic E-state index is 12.6. The fraction of sp³-hybridized carbons (Fsp3) is 0.500. The highest BCUT2D eigenvalue weighted by Crippen LogP contribution is 2.22. The van der Waals surface area contributed by atoms with Gasteiger partial charge in [0.05, 0.1) is 19.8 Å². The van der Waals surface area contributed by atoms with E-state index < -0.39 is 25.0 Å². The third-order valence-corrected chi connectivity index (χ3v) is 2.52. The van der Waals surface area contributed by atoms with E-state index in [4.69, 9.17) is 4.74 Å². The smallest absolute Gasteiger partial charge is 0.319 e. The Labute approximate surface area is 108 Å². The summed E-state index contributed by atoms with van der Waals surface area (Å²) in [5.74, 6) is -3.51. The Morgan fingerprint density at radius 1 is 1.26 bits per heavy atom. The monoisotopic (exact) mass is 281 g/mol. The summed E-state index contributed by atoms with van der Waals surface area (Å²) in [5.41, 5.74) is 0.480. The molecule has 2 N–H and O–H groups in total. The topological polar surface area (TPSA) is 41.5 Å². The number of aliphatic hydroxyl groups excluding tert-OH is 1. The number of alkyl halides is 4. The van der Waals surface area contributed by atoms with Crippen molar-refractivity contribution in [2.75, 3.05) is 20.2 Å². The molecule has 0 amide bonds. The Bertz CT molecular complexity index is 384. The summed E-state index contributed by atoms with van der Waals surface area (Å²) >= 11 is 0. The summed E-state index contributed by atoms with van der Waals surface area (Å²) < 4.78 is 53.8. The molecule has 0 saturated carbocycles. The van der Waals surface area contributed by atoms with Gasteiger partial charge in [-0.3, -0.25) is 0 Å². The molecule has 0 aliphatic rings. The molecule has 1 aromatic carbocycles. The van der Waals surface area contributed by atoms with Gasteiger partial charge in [0.2, 0.25) is 0 Å². The number of hydrogen-bond acceptors (Lipinski definition) is 3. The Kier molecular flexibility index (Phi) is 5.56. The quantitative estimate of drug-likeness (QED) is 0.753. The van der Waals surface area contributed by atoms with Crippen LogP contribution in [0.1, 0.15) is 11.7 Å². The van der Waals surface area contributed by atoms with Gasteiger partial charge in [-0.15, -0.1) is 0 Å². The van der Waals surface area contributed by atoms with E-state index in [9.17, 15) is 22.7 Å². The highest BCUT2D eigenvalue weighted by molar-refractivity contribution is 5.28. The third kappa shape index (κ3) is 4.68. The van der Waals surface area contributed by atoms with Crippen LogP contribution in [0.3, 0.4) is 0 Å². The van der Waals surface area contributed by atoms with Crippen LogP contribution in [0.2, 0.25) is 0 Å². The molecule has 0 aliphatic heterocycles. The van der Waals surface area contributed by atoms with Crippen LogP contribution in [0.5, 0.6) is 5.75 Å². The molecular formula is C12H15F4NO2. The Morgan fingerprint density at radius 2 is 1.84 bits per heavy atom. The van der Waals surface area contributed by atoms with E-state index in [0.717, 1.165) is 0 Å². The Morgan fingerprint density at radius 3 is 2.32 bits per heavy atom. The second-order valence-corrected chi connectivity index (χ2v) is 3.98. The predicted octanol–water partition coefficient (Wildman–Crippen LogP) is 2.22. The lowest BCUT2D eigenvalue weighted by atomic mass is 10.1. The standard InChI is InChI=1S/C12H15F4NO2/c1-19-9-4-2-8(3-5-9)10(18)6-17-7-12(15,16)11(13)14/h2-5,10-11,17-18H,6-7H2,1H3. The van der Waals surface area contributed by atoms with Crippen molar-refractivity contribution < 1.29 is 27.4 Å². The molecule has 1 aromatic rings. The second kappa shape index (κ2) is 6.72. The lowest BCUT2D eigenvalue weighted by molar-refractivity contribution is -0.125. The van der Waals surface area contributed by atoms with E-state index in [1.54, 1.807) is 24.3 Å². The van der Waals surface area contributed by atoms with Gasteiger partial charge >= 0.3 is 12.3 Å². The van der Waals surface area contributed by atoms with Crippen LogP contribution in [-0.2, 0) is 0 Å². The highest BCUT2D eigenvalue weighted by atomic mass is 19.3. The molecule has 0 spiro atoms. The summed E-state index contributed by atoms with van der Waals surface area (Å²) in [4.78, 5) is 0. The zero-order valence-electron chi connectivity index (χ0n) is 10.2. The largest absolute Gasteiger partial charge is 0.497 e. The number of benzene rings is 1. The molecule has 0 aromatic heterocycles. The van der Waals surface area contributed by atoms with Crippen molar-refractivity contribution in [2.45, 2.75) is 18.5 Å². The number of ether oxygens (including phenoxy) is 1. The van der Waals surface area contributed by atoms with Gasteiger partial charge in [-0.25, -0.2) is 8.78 Å². The Hall–Kier alpha value is -1.34. The average molecular weight is 281 g/mol. The van der Waals surface area contributed by atoms with Gasteiger partial charge < -0.3 is 15.2 Å². The van der Waals surface area contributed by atoms with Gasteiger partial charge in [-0.1, -0.05) is 12.1 Å². The van der Waals surface area contributed by atoms with Crippen molar-refractivity contribution in [1.82, 2.24) is 5.32 Å². The molecule has 0 bridgehead atoms. The van der Waals surface area contributed by atoms with Gasteiger partial charge in [0.25, 0.3) is 0 Å². The maximum Gasteiger partial charge on any atom is 0.319 e. The van der Waals surface area contributed by atoms with Gasteiger partial charge in [0, 0.05) is 6.54 Å². The fourth-order valence-electron chi connectivity index (χ4n) is 1.40. The summed E-state index contributed by atoms with van der Waals surface area (Å²) in [7, 11) is 1.49. The van der Waals surface area contributed by atoms with E-state index in [1.807, 2.05) is 0 Å². The normalized spacial score (nSPS) is 13.6. The number of aliphatic hydroxyl groups is 1. The lowest BCUT2D eigenvalue weighted by Gasteiger charge is -2.18. The number of halogens is 4. The molecule has 19 heavy (non-hydrogen) atoms. The summed E-state index contributed by atoms with van der Waals surface area (Å²) in [6.07, 6.45) is -4.78. The molecule has 7 heteroatoms. The van der Waals surface area contributed by atoms with Gasteiger partial charge in [0.15, 0.2) is 0 Å². The number of hydrogen-bond donors (Lipinski definition) is 2. The van der Waals surface area contributed by atoms with Crippen molar-refractivity contribution in [3.8, 4) is 5.75 Å². The van der Waals surface area contributed by atoms with Gasteiger partial charge in [-0.2, -0.15) is 8.78 Å². The fourth-order valence-corrected chi connectivity index (χ4v) is 1.40. The average Bonchev–Trinajstić information content (AvgIpc) is 2.38. The summed E-state index contributed by atoms with van der Waals surface area (Å²) in [5, 5.41) is 11.8. The van der Waals surface area contributed by atoms with Crippen molar-refractivity contribution in [1.29, 1.82) is 0 Å². The minimum absolute atomic E-state index is 0.241. The van der Waals surface area contributed by atoms with E-state index in [-0.39, 0.29) is 6.54 Å². The number of rotatable bonds is 7. The minimum Gasteiger partial charge on any atom is -0.497 e. The first kappa shape index (κ1) is 15.7. The van der Waals surface area contributed by atoms with E-state index in [2.05, 4.69) is 5.32 Å². The van der Waals surface area contributed by atoms with Crippen LogP contribution >= 0.6 is 0 Å². The van der Waals surface area contributed by atoms with Crippen molar-refractivity contribution >= 4 is 0 Å². The molecule has 0 heterocycles. The molecule has 1 rings (SSSR count). The molecule has 3 nitrogen and oxygen atoms in total. The number of methoxy groups -OCH3 is 1. The second-order valence-electron chi connectivity index (χ2n) is 3.98. The number of nitrogens with one attached hydrogen (secondary N) is 1. The SMILES string of the molecule is COc1ccc(C(O)CNCC(F)(F)C(F)F)cc1. The minimum atomic E-state index is -4.10. The van der Waals surface area contributed by atoms with Gasteiger partial charge in [-0.05, 0) is 17.7 Å². The summed E-state index contributed by atoms with van der Waals surface area (Å²) in [6.45, 7) is -1.42. The molecule has 0 saturated heterocycles. The Balaban J connectivity index is 2.44. The lowest BCUT2D eigenvalue weighted by Crippen LogP contribution is -2.40. The van der Waals surface area contributed by atoms with Crippen LogP contribution in [0.4, 0.5) is 17.6 Å². The molecule has 0 fully saturated rings. The zero-order valence-corrected chi connectivity index (χ0v) is 10.2. The van der Waals surface area contributed by atoms with E-state index >= 15 is 0 Å². The zero-order chi connectivity index (χ0) is 14.5. The van der Waals surface area contributed by atoms with Gasteiger partial charge in [0.1, 0.15) is 5.75 Å². The first-order valence-corrected chi connectivity index (χ1v) is 5.55. The highest BCUT2D eigenvalue weighted by Gasteiger charge is 2.40. The van der Waals surface area contributed by atoms with Crippen LogP contribution in [0.15, 0.2) is 24.3 Å². The molecule has 0 aliphatic carbocycles. The molecule has 108 valence electrons. The van der Waals surface area contributed by atoms with E-state index in [0.29, 0.717) is 11.3 Å². The van der Waals surface area contributed by atoms with E-state index in [1.165, 1.54) is 7.11 Å². The van der Waals surface area contributed by atoms with Crippen molar-refractivity contribution in [2.24, 2.45) is 0 Å². The maximum absolute atomic E-state index is 12.6. The molecular weight excluding hydrogens is 266 g/mol. The molecule has 1 unspecified atom stereocenters. The van der Waals surface area contributed by atoms with Crippen molar-refractivity contribution in [3.63, 3.8) is 0 Å². The van der Waals surface area contributed by atoms with Crippen LogP contribution in [-0.4, -0.2) is 37.7 Å².